The summed E-state index contributed by atoms with van der Waals surface area (Å²) < 4.78 is 0. The molecule has 0 aliphatic carbocycles. The van der Waals surface area contributed by atoms with Crippen LogP contribution in [-0.4, -0.2) is 9.97 Å². The van der Waals surface area contributed by atoms with Crippen LogP contribution >= 0.6 is 11.6 Å². The maximum atomic E-state index is 5.95. The molecule has 0 radical (unpaired) electrons. The molecule has 0 amide bonds. The molecule has 1 heterocycles. The van der Waals surface area contributed by atoms with Crippen LogP contribution in [0.15, 0.2) is 61.1 Å². The molecule has 0 atom stereocenters. The van der Waals surface area contributed by atoms with Crippen LogP contribution in [0.1, 0.15) is 5.56 Å². The Labute approximate surface area is 123 Å². The molecule has 3 rings (SSSR count). The Morgan fingerprint density at radius 1 is 0.900 bits per heavy atom. The Hall–Kier alpha value is -2.19. The van der Waals surface area contributed by atoms with Gasteiger partial charge in [0.1, 0.15) is 6.33 Å². The van der Waals surface area contributed by atoms with Gasteiger partial charge in [-0.05, 0) is 30.2 Å². The molecule has 0 N–H and O–H groups in total. The Kier molecular flexibility index (Phi) is 3.48. The van der Waals surface area contributed by atoms with Gasteiger partial charge in [-0.1, -0.05) is 48.0 Å². The van der Waals surface area contributed by atoms with E-state index in [-0.39, 0.29) is 0 Å². The summed E-state index contributed by atoms with van der Waals surface area (Å²) in [6, 6.07) is 16.0. The molecule has 0 saturated carbocycles. The number of hydrogen-bond acceptors (Lipinski definition) is 2. The summed E-state index contributed by atoms with van der Waals surface area (Å²) in [5.41, 5.74) is 5.34. The topological polar surface area (TPSA) is 25.8 Å². The monoisotopic (exact) mass is 280 g/mol. The van der Waals surface area contributed by atoms with E-state index in [0.717, 1.165) is 27.4 Å². The molecule has 0 unspecified atom stereocenters. The van der Waals surface area contributed by atoms with Gasteiger partial charge in [0.25, 0.3) is 0 Å². The van der Waals surface area contributed by atoms with E-state index in [0.29, 0.717) is 0 Å². The van der Waals surface area contributed by atoms with E-state index in [1.54, 1.807) is 6.33 Å². The fraction of sp³-hybridized carbons (Fsp3) is 0.0588. The van der Waals surface area contributed by atoms with E-state index in [1.165, 1.54) is 5.56 Å². The van der Waals surface area contributed by atoms with Gasteiger partial charge in [-0.25, -0.2) is 9.97 Å². The normalized spacial score (nSPS) is 10.5. The van der Waals surface area contributed by atoms with Crippen LogP contribution in [0.3, 0.4) is 0 Å². The highest BCUT2D eigenvalue weighted by molar-refractivity contribution is 6.30. The minimum Gasteiger partial charge on any atom is -0.244 e. The molecule has 1 aromatic heterocycles. The highest BCUT2D eigenvalue weighted by Gasteiger charge is 2.10. The van der Waals surface area contributed by atoms with Crippen molar-refractivity contribution in [1.29, 1.82) is 0 Å². The zero-order valence-electron chi connectivity index (χ0n) is 11.0. The summed E-state index contributed by atoms with van der Waals surface area (Å²) in [7, 11) is 0. The molecule has 0 aliphatic rings. The Morgan fingerprint density at radius 2 is 1.65 bits per heavy atom. The SMILES string of the molecule is Cc1ccccc1-c1ncncc1-c1ccc(Cl)cc1. The second kappa shape index (κ2) is 5.43. The molecule has 2 aromatic carbocycles. The van der Waals surface area contributed by atoms with Gasteiger partial charge in [-0.2, -0.15) is 0 Å². The third-order valence-electron chi connectivity index (χ3n) is 3.27. The van der Waals surface area contributed by atoms with E-state index in [1.807, 2.05) is 42.6 Å². The van der Waals surface area contributed by atoms with E-state index in [2.05, 4.69) is 29.0 Å². The van der Waals surface area contributed by atoms with Gasteiger partial charge in [0.05, 0.1) is 5.69 Å². The van der Waals surface area contributed by atoms with Crippen LogP contribution in [0.4, 0.5) is 0 Å². The fourth-order valence-corrected chi connectivity index (χ4v) is 2.35. The Bertz CT molecular complexity index is 736. The minimum absolute atomic E-state index is 0.725. The van der Waals surface area contributed by atoms with Crippen molar-refractivity contribution in [3.8, 4) is 22.4 Å². The zero-order chi connectivity index (χ0) is 13.9. The van der Waals surface area contributed by atoms with Gasteiger partial charge < -0.3 is 0 Å². The first-order chi connectivity index (χ1) is 9.75. The molecule has 3 aromatic rings. The second-order valence-corrected chi connectivity index (χ2v) is 5.04. The van der Waals surface area contributed by atoms with E-state index >= 15 is 0 Å². The average molecular weight is 281 g/mol. The van der Waals surface area contributed by atoms with Crippen LogP contribution < -0.4 is 0 Å². The van der Waals surface area contributed by atoms with Crippen LogP contribution in [0.5, 0.6) is 0 Å². The lowest BCUT2D eigenvalue weighted by molar-refractivity contribution is 1.17. The third kappa shape index (κ3) is 2.43. The van der Waals surface area contributed by atoms with E-state index in [4.69, 9.17) is 11.6 Å². The Balaban J connectivity index is 2.19. The molecule has 0 spiro atoms. The summed E-state index contributed by atoms with van der Waals surface area (Å²) >= 11 is 5.95. The number of aromatic nitrogens is 2. The summed E-state index contributed by atoms with van der Waals surface area (Å²) in [5.74, 6) is 0. The van der Waals surface area contributed by atoms with Crippen molar-refractivity contribution < 1.29 is 0 Å². The summed E-state index contributed by atoms with van der Waals surface area (Å²) in [6.07, 6.45) is 3.43. The van der Waals surface area contributed by atoms with Crippen molar-refractivity contribution in [1.82, 2.24) is 9.97 Å². The highest BCUT2D eigenvalue weighted by Crippen LogP contribution is 2.31. The molecule has 0 fully saturated rings. The third-order valence-corrected chi connectivity index (χ3v) is 3.52. The van der Waals surface area contributed by atoms with Gasteiger partial charge in [0.2, 0.25) is 0 Å². The molecule has 0 bridgehead atoms. The van der Waals surface area contributed by atoms with Crippen LogP contribution in [0.2, 0.25) is 5.02 Å². The van der Waals surface area contributed by atoms with Crippen LogP contribution in [-0.2, 0) is 0 Å². The average Bonchev–Trinajstić information content (AvgIpc) is 2.49. The molecule has 0 saturated heterocycles. The van der Waals surface area contributed by atoms with Crippen molar-refractivity contribution in [3.63, 3.8) is 0 Å². The second-order valence-electron chi connectivity index (χ2n) is 4.61. The maximum Gasteiger partial charge on any atom is 0.116 e. The predicted octanol–water partition coefficient (Wildman–Crippen LogP) is 4.77. The zero-order valence-corrected chi connectivity index (χ0v) is 11.8. The molecule has 2 nitrogen and oxygen atoms in total. The maximum absolute atomic E-state index is 5.95. The quantitative estimate of drug-likeness (QED) is 0.675. The van der Waals surface area contributed by atoms with Gasteiger partial charge in [0, 0.05) is 22.3 Å². The summed E-state index contributed by atoms with van der Waals surface area (Å²) in [6.45, 7) is 2.09. The number of hydrogen-bond donors (Lipinski definition) is 0. The van der Waals surface area contributed by atoms with Crippen molar-refractivity contribution in [2.75, 3.05) is 0 Å². The van der Waals surface area contributed by atoms with Crippen molar-refractivity contribution in [3.05, 3.63) is 71.6 Å². The Morgan fingerprint density at radius 3 is 2.40 bits per heavy atom. The van der Waals surface area contributed by atoms with E-state index in [9.17, 15) is 0 Å². The van der Waals surface area contributed by atoms with Crippen molar-refractivity contribution >= 4 is 11.6 Å². The van der Waals surface area contributed by atoms with Crippen LogP contribution in [0, 0.1) is 6.92 Å². The van der Waals surface area contributed by atoms with Crippen LogP contribution in [0.25, 0.3) is 22.4 Å². The van der Waals surface area contributed by atoms with E-state index < -0.39 is 0 Å². The van der Waals surface area contributed by atoms with Crippen molar-refractivity contribution in [2.45, 2.75) is 6.92 Å². The van der Waals surface area contributed by atoms with Crippen molar-refractivity contribution in [2.24, 2.45) is 0 Å². The van der Waals surface area contributed by atoms with Gasteiger partial charge in [-0.15, -0.1) is 0 Å². The number of rotatable bonds is 2. The van der Waals surface area contributed by atoms with Gasteiger partial charge in [0.15, 0.2) is 0 Å². The lowest BCUT2D eigenvalue weighted by atomic mass is 9.98. The highest BCUT2D eigenvalue weighted by atomic mass is 35.5. The molecule has 0 aliphatic heterocycles. The number of halogens is 1. The summed E-state index contributed by atoms with van der Waals surface area (Å²) in [5, 5.41) is 0.725. The number of benzene rings is 2. The molecule has 3 heteroatoms. The molecule has 20 heavy (non-hydrogen) atoms. The number of nitrogens with zero attached hydrogens (tertiary/aromatic N) is 2. The summed E-state index contributed by atoms with van der Waals surface area (Å²) in [4.78, 5) is 8.62. The lowest BCUT2D eigenvalue weighted by Gasteiger charge is -2.10. The smallest absolute Gasteiger partial charge is 0.116 e. The standard InChI is InChI=1S/C17H13ClN2/c1-12-4-2-3-5-15(12)17-16(10-19-11-20-17)13-6-8-14(18)9-7-13/h2-11H,1H3. The minimum atomic E-state index is 0.725. The first kappa shape index (κ1) is 12.8. The molecule has 98 valence electrons. The predicted molar refractivity (Wildman–Crippen MR) is 82.7 cm³/mol. The molecular weight excluding hydrogens is 268 g/mol. The molecular formula is C17H13ClN2. The van der Waals surface area contributed by atoms with Gasteiger partial charge >= 0.3 is 0 Å². The first-order valence-electron chi connectivity index (χ1n) is 6.37. The first-order valence-corrected chi connectivity index (χ1v) is 6.75. The lowest BCUT2D eigenvalue weighted by Crippen LogP contribution is -1.92. The number of aryl methyl sites for hydroxylation is 1. The largest absolute Gasteiger partial charge is 0.244 e. The fourth-order valence-electron chi connectivity index (χ4n) is 2.22. The van der Waals surface area contributed by atoms with Gasteiger partial charge in [-0.3, -0.25) is 0 Å².